The van der Waals surface area contributed by atoms with E-state index in [0.29, 0.717) is 6.42 Å². The molecule has 22 heavy (non-hydrogen) atoms. The molecular weight excluding hydrogens is 272 g/mol. The maximum absolute atomic E-state index is 12.4. The minimum atomic E-state index is -0.653. The molecule has 1 aliphatic carbocycles. The first-order chi connectivity index (χ1) is 10.7. The third-order valence-electron chi connectivity index (χ3n) is 4.53. The van der Waals surface area contributed by atoms with Gasteiger partial charge in [0.2, 0.25) is 5.91 Å². The Bertz CT molecular complexity index is 718. The quantitative estimate of drug-likeness (QED) is 0.937. The van der Waals surface area contributed by atoms with Crippen LogP contribution in [0.25, 0.3) is 10.8 Å². The largest absolute Gasteiger partial charge is 0.338 e. The molecule has 0 atom stereocenters. The summed E-state index contributed by atoms with van der Waals surface area (Å²) < 4.78 is 0. The molecule has 0 saturated heterocycles. The highest BCUT2D eigenvalue weighted by Crippen LogP contribution is 2.28. The third-order valence-corrected chi connectivity index (χ3v) is 4.53. The second-order valence-corrected chi connectivity index (χ2v) is 6.12. The van der Waals surface area contributed by atoms with Crippen LogP contribution in [0.5, 0.6) is 0 Å². The molecule has 0 aromatic heterocycles. The fraction of sp³-hybridized carbons (Fsp3) is 0.368. The monoisotopic (exact) mass is 292 g/mol. The van der Waals surface area contributed by atoms with Crippen LogP contribution in [-0.2, 0) is 11.2 Å². The zero-order valence-electron chi connectivity index (χ0n) is 12.6. The first-order valence-electron chi connectivity index (χ1n) is 7.91. The van der Waals surface area contributed by atoms with Crippen LogP contribution in [0, 0.1) is 11.3 Å². The van der Waals surface area contributed by atoms with Gasteiger partial charge in [-0.1, -0.05) is 61.7 Å². The lowest BCUT2D eigenvalue weighted by Crippen LogP contribution is -2.49. The van der Waals surface area contributed by atoms with E-state index in [-0.39, 0.29) is 5.91 Å². The first kappa shape index (κ1) is 14.6. The number of nitrogens with zero attached hydrogens (tertiary/aromatic N) is 1. The van der Waals surface area contributed by atoms with Crippen molar-refractivity contribution in [2.24, 2.45) is 0 Å². The molecule has 112 valence electrons. The van der Waals surface area contributed by atoms with E-state index in [1.54, 1.807) is 0 Å². The number of carbonyl (C=O) groups excluding carboxylic acids is 1. The van der Waals surface area contributed by atoms with Crippen molar-refractivity contribution in [1.29, 1.82) is 5.26 Å². The van der Waals surface area contributed by atoms with Crippen LogP contribution in [-0.4, -0.2) is 11.4 Å². The predicted molar refractivity (Wildman–Crippen MR) is 87.2 cm³/mol. The number of rotatable bonds is 3. The minimum absolute atomic E-state index is 0.0557. The van der Waals surface area contributed by atoms with Gasteiger partial charge in [-0.05, 0) is 29.2 Å². The fourth-order valence-corrected chi connectivity index (χ4v) is 3.35. The Labute approximate surface area is 130 Å². The van der Waals surface area contributed by atoms with Crippen molar-refractivity contribution >= 4 is 16.7 Å². The van der Waals surface area contributed by atoms with Crippen molar-refractivity contribution in [2.45, 2.75) is 44.1 Å². The van der Waals surface area contributed by atoms with Gasteiger partial charge in [0.15, 0.2) is 0 Å². The summed E-state index contributed by atoms with van der Waals surface area (Å²) in [5.74, 6) is -0.0557. The topological polar surface area (TPSA) is 52.9 Å². The smallest absolute Gasteiger partial charge is 0.225 e. The second kappa shape index (κ2) is 6.19. The minimum Gasteiger partial charge on any atom is -0.338 e. The van der Waals surface area contributed by atoms with E-state index in [0.717, 1.165) is 48.4 Å². The molecule has 0 radical (unpaired) electrons. The van der Waals surface area contributed by atoms with Gasteiger partial charge in [0.05, 0.1) is 12.5 Å². The van der Waals surface area contributed by atoms with Gasteiger partial charge in [-0.3, -0.25) is 4.79 Å². The van der Waals surface area contributed by atoms with Gasteiger partial charge in [0.1, 0.15) is 5.54 Å². The molecule has 1 fully saturated rings. The van der Waals surface area contributed by atoms with E-state index in [2.05, 4.69) is 23.5 Å². The molecule has 1 aliphatic rings. The third kappa shape index (κ3) is 2.96. The number of hydrogen-bond acceptors (Lipinski definition) is 2. The molecule has 3 nitrogen and oxygen atoms in total. The van der Waals surface area contributed by atoms with Crippen LogP contribution in [0.3, 0.4) is 0 Å². The van der Waals surface area contributed by atoms with Crippen LogP contribution in [0.15, 0.2) is 42.5 Å². The van der Waals surface area contributed by atoms with Crippen molar-refractivity contribution in [1.82, 2.24) is 5.32 Å². The van der Waals surface area contributed by atoms with Gasteiger partial charge >= 0.3 is 0 Å². The molecule has 3 rings (SSSR count). The second-order valence-electron chi connectivity index (χ2n) is 6.12. The number of hydrogen-bond donors (Lipinski definition) is 1. The normalized spacial score (nSPS) is 16.9. The van der Waals surface area contributed by atoms with Crippen molar-refractivity contribution in [3.05, 3.63) is 48.0 Å². The van der Waals surface area contributed by atoms with Crippen LogP contribution < -0.4 is 5.32 Å². The Morgan fingerprint density at radius 3 is 2.59 bits per heavy atom. The van der Waals surface area contributed by atoms with Gasteiger partial charge in [0.25, 0.3) is 0 Å². The zero-order chi connectivity index (χ0) is 15.4. The molecule has 1 N–H and O–H groups in total. The highest BCUT2D eigenvalue weighted by atomic mass is 16.1. The average Bonchev–Trinajstić information content (AvgIpc) is 2.56. The average molecular weight is 292 g/mol. The van der Waals surface area contributed by atoms with Crippen LogP contribution in [0.1, 0.15) is 37.7 Å². The SMILES string of the molecule is N#CC1(NC(=O)Cc2cccc3ccccc23)CCCCC1. The highest BCUT2D eigenvalue weighted by molar-refractivity contribution is 5.90. The van der Waals surface area contributed by atoms with E-state index in [9.17, 15) is 10.1 Å². The summed E-state index contributed by atoms with van der Waals surface area (Å²) >= 11 is 0. The van der Waals surface area contributed by atoms with Crippen LogP contribution in [0.2, 0.25) is 0 Å². The van der Waals surface area contributed by atoms with E-state index >= 15 is 0 Å². The molecule has 2 aromatic carbocycles. The lowest BCUT2D eigenvalue weighted by atomic mass is 9.82. The van der Waals surface area contributed by atoms with Crippen molar-refractivity contribution in [2.75, 3.05) is 0 Å². The lowest BCUT2D eigenvalue weighted by molar-refractivity contribution is -0.122. The summed E-state index contributed by atoms with van der Waals surface area (Å²) in [5.41, 5.74) is 0.361. The number of nitriles is 1. The Morgan fingerprint density at radius 1 is 1.09 bits per heavy atom. The Hall–Kier alpha value is -2.34. The number of carbonyl (C=O) groups is 1. The van der Waals surface area contributed by atoms with Gasteiger partial charge in [-0.15, -0.1) is 0 Å². The molecule has 0 aliphatic heterocycles. The van der Waals surface area contributed by atoms with E-state index in [1.807, 2.05) is 30.3 Å². The zero-order valence-corrected chi connectivity index (χ0v) is 12.6. The summed E-state index contributed by atoms with van der Waals surface area (Å²) in [4.78, 5) is 12.4. The molecule has 2 aromatic rings. The predicted octanol–water partition coefficient (Wildman–Crippen LogP) is 3.72. The Kier molecular flexibility index (Phi) is 4.11. The van der Waals surface area contributed by atoms with Crippen LogP contribution >= 0.6 is 0 Å². The number of fused-ring (bicyclic) bond motifs is 1. The van der Waals surface area contributed by atoms with Gasteiger partial charge < -0.3 is 5.32 Å². The van der Waals surface area contributed by atoms with E-state index in [4.69, 9.17) is 0 Å². The van der Waals surface area contributed by atoms with E-state index in [1.165, 1.54) is 0 Å². The van der Waals surface area contributed by atoms with Crippen molar-refractivity contribution in [3.8, 4) is 6.07 Å². The highest BCUT2D eigenvalue weighted by Gasteiger charge is 2.33. The molecule has 0 heterocycles. The standard InChI is InChI=1S/C19H20N2O/c20-14-19(11-4-1-5-12-19)21-18(22)13-16-9-6-8-15-7-2-3-10-17(15)16/h2-3,6-10H,1,4-5,11-13H2,(H,21,22). The molecule has 0 bridgehead atoms. The molecule has 3 heteroatoms. The van der Waals surface area contributed by atoms with Crippen molar-refractivity contribution in [3.63, 3.8) is 0 Å². The molecule has 0 spiro atoms. The fourth-order valence-electron chi connectivity index (χ4n) is 3.35. The molecule has 1 amide bonds. The molecular formula is C19H20N2O. The molecule has 1 saturated carbocycles. The summed E-state index contributed by atoms with van der Waals surface area (Å²) in [6.07, 6.45) is 5.05. The summed E-state index contributed by atoms with van der Waals surface area (Å²) in [7, 11) is 0. The van der Waals surface area contributed by atoms with Gasteiger partial charge in [0, 0.05) is 0 Å². The first-order valence-corrected chi connectivity index (χ1v) is 7.91. The number of benzene rings is 2. The van der Waals surface area contributed by atoms with Gasteiger partial charge in [-0.2, -0.15) is 5.26 Å². The number of amides is 1. The number of nitrogens with one attached hydrogen (secondary N) is 1. The summed E-state index contributed by atoms with van der Waals surface area (Å²) in [5, 5.41) is 14.7. The van der Waals surface area contributed by atoms with Crippen LogP contribution in [0.4, 0.5) is 0 Å². The summed E-state index contributed by atoms with van der Waals surface area (Å²) in [6, 6.07) is 16.4. The van der Waals surface area contributed by atoms with Crippen molar-refractivity contribution < 1.29 is 4.79 Å². The van der Waals surface area contributed by atoms with E-state index < -0.39 is 5.54 Å². The maximum atomic E-state index is 12.4. The Morgan fingerprint density at radius 2 is 1.82 bits per heavy atom. The maximum Gasteiger partial charge on any atom is 0.225 e. The van der Waals surface area contributed by atoms with Gasteiger partial charge in [-0.25, -0.2) is 0 Å². The lowest BCUT2D eigenvalue weighted by Gasteiger charge is -2.31. The summed E-state index contributed by atoms with van der Waals surface area (Å²) in [6.45, 7) is 0. The Balaban J connectivity index is 1.77. The molecule has 0 unspecified atom stereocenters.